The van der Waals surface area contributed by atoms with E-state index in [1.807, 2.05) is 139 Å². The van der Waals surface area contributed by atoms with Crippen LogP contribution in [0.5, 0.6) is 5.75 Å². The number of rotatable bonds is 11. The normalized spacial score (nSPS) is 11.5. The van der Waals surface area contributed by atoms with Crippen molar-refractivity contribution in [3.63, 3.8) is 0 Å². The lowest BCUT2D eigenvalue weighted by Gasteiger charge is -2.27. The molecule has 1 aromatic heterocycles. The summed E-state index contributed by atoms with van der Waals surface area (Å²) in [7, 11) is 0. The molecule has 0 saturated heterocycles. The van der Waals surface area contributed by atoms with Gasteiger partial charge in [0.2, 0.25) is 0 Å². The average Bonchev–Trinajstić information content (AvgIpc) is 3.40. The Morgan fingerprint density at radius 2 is 1.73 bits per heavy atom. The van der Waals surface area contributed by atoms with Crippen molar-refractivity contribution in [3.8, 4) is 34.6 Å². The Kier molecular flexibility index (Phi) is 9.12. The molecule has 0 radical (unpaired) electrons. The number of aliphatic hydroxyl groups excluding tert-OH is 1. The van der Waals surface area contributed by atoms with Crippen LogP contribution in [-0.4, -0.2) is 28.2 Å². The summed E-state index contributed by atoms with van der Waals surface area (Å²) in [4.78, 5) is 0. The van der Waals surface area contributed by atoms with Gasteiger partial charge in [0.1, 0.15) is 22.9 Å². The van der Waals surface area contributed by atoms with Crippen LogP contribution in [0, 0.1) is 11.3 Å². The summed E-state index contributed by atoms with van der Waals surface area (Å²) in [6.07, 6.45) is 1.16. The van der Waals surface area contributed by atoms with Gasteiger partial charge in [-0.1, -0.05) is 47.1 Å². The van der Waals surface area contributed by atoms with E-state index in [0.29, 0.717) is 17.5 Å². The van der Waals surface area contributed by atoms with Gasteiger partial charge in [-0.3, -0.25) is 0 Å². The number of ether oxygens (including phenoxy) is 1. The fourth-order valence-corrected chi connectivity index (χ4v) is 5.27. The first kappa shape index (κ1) is 30.1. The minimum atomic E-state index is -0.797. The molecule has 3 N–H and O–H groups in total. The highest BCUT2D eigenvalue weighted by Gasteiger charge is 2.29. The first-order chi connectivity index (χ1) is 21.3. The van der Waals surface area contributed by atoms with Gasteiger partial charge in [-0.15, -0.1) is 0 Å². The van der Waals surface area contributed by atoms with Crippen LogP contribution in [0.4, 0.5) is 11.4 Å². The van der Waals surface area contributed by atoms with E-state index in [0.717, 1.165) is 45.8 Å². The molecular formula is C35H34N6O2S. The molecule has 0 spiro atoms. The highest BCUT2D eigenvalue weighted by Crippen LogP contribution is 2.37. The Hall–Kier alpha value is -5.33. The highest BCUT2D eigenvalue weighted by molar-refractivity contribution is 7.58. The smallest absolute Gasteiger partial charge is 0.277 e. The molecule has 0 saturated carbocycles. The molecule has 8 nitrogen and oxygen atoms in total. The van der Waals surface area contributed by atoms with Crippen molar-refractivity contribution in [1.82, 2.24) is 9.78 Å². The first-order valence-electron chi connectivity index (χ1n) is 14.3. The molecule has 0 amide bonds. The zero-order chi connectivity index (χ0) is 31.1. The van der Waals surface area contributed by atoms with E-state index in [1.165, 1.54) is 0 Å². The number of aromatic nitrogens is 3. The summed E-state index contributed by atoms with van der Waals surface area (Å²) in [5.74, 6) is 1.45. The number of allylic oxidation sites excluding steroid dienone is 2. The zero-order valence-corrected chi connectivity index (χ0v) is 25.7. The van der Waals surface area contributed by atoms with Crippen molar-refractivity contribution in [3.05, 3.63) is 121 Å². The Bertz CT molecular complexity index is 1810. The number of benzene rings is 4. The lowest BCUT2D eigenvalue weighted by atomic mass is 9.81. The van der Waals surface area contributed by atoms with E-state index >= 15 is 0 Å². The van der Waals surface area contributed by atoms with Crippen LogP contribution in [0.2, 0.25) is 0 Å². The minimum Gasteiger partial charge on any atom is -0.702 e. The van der Waals surface area contributed by atoms with E-state index < -0.39 is 5.41 Å². The maximum atomic E-state index is 10.6. The Morgan fingerprint density at radius 3 is 2.43 bits per heavy atom. The van der Waals surface area contributed by atoms with Crippen molar-refractivity contribution in [2.75, 3.05) is 23.9 Å². The highest BCUT2D eigenvalue weighted by atomic mass is 32.1. The second kappa shape index (κ2) is 13.3. The van der Waals surface area contributed by atoms with E-state index in [1.54, 1.807) is 0 Å². The lowest BCUT2D eigenvalue weighted by Crippen LogP contribution is -2.34. The van der Waals surface area contributed by atoms with Gasteiger partial charge in [0, 0.05) is 34.5 Å². The van der Waals surface area contributed by atoms with E-state index in [2.05, 4.69) is 10.6 Å². The van der Waals surface area contributed by atoms with Gasteiger partial charge in [0.05, 0.1) is 17.7 Å². The second-order valence-electron chi connectivity index (χ2n) is 10.6. The second-order valence-corrected chi connectivity index (χ2v) is 11.0. The van der Waals surface area contributed by atoms with Gasteiger partial charge in [-0.2, -0.15) is 5.26 Å². The van der Waals surface area contributed by atoms with E-state index in [-0.39, 0.29) is 12.5 Å². The van der Waals surface area contributed by atoms with Gasteiger partial charge in [-0.25, -0.2) is 4.57 Å². The molecule has 0 fully saturated rings. The molecule has 0 aliphatic heterocycles. The summed E-state index contributed by atoms with van der Waals surface area (Å²) < 4.78 is 9.94. The van der Waals surface area contributed by atoms with Crippen LogP contribution in [-0.2, 0) is 18.0 Å². The van der Waals surface area contributed by atoms with Gasteiger partial charge in [-0.05, 0) is 80.9 Å². The number of hydrogen-bond donors (Lipinski definition) is 3. The number of aliphatic hydroxyl groups is 1. The lowest BCUT2D eigenvalue weighted by molar-refractivity contribution is -0.625. The van der Waals surface area contributed by atoms with Crippen LogP contribution in [0.3, 0.4) is 0 Å². The van der Waals surface area contributed by atoms with Gasteiger partial charge in [0.25, 0.3) is 5.82 Å². The maximum Gasteiger partial charge on any atom is 0.277 e. The molecule has 9 heteroatoms. The summed E-state index contributed by atoms with van der Waals surface area (Å²) in [6, 6.07) is 35.6. The maximum absolute atomic E-state index is 10.6. The molecular weight excluding hydrogens is 568 g/mol. The molecule has 1 heterocycles. The van der Waals surface area contributed by atoms with Crippen LogP contribution in [0.25, 0.3) is 22.8 Å². The Balaban J connectivity index is 1.41. The summed E-state index contributed by atoms with van der Waals surface area (Å²) >= 11 is 5.78. The van der Waals surface area contributed by atoms with Crippen LogP contribution < -0.4 is 19.9 Å². The monoisotopic (exact) mass is 602 g/mol. The summed E-state index contributed by atoms with van der Waals surface area (Å²) in [5, 5.41) is 31.5. The quantitative estimate of drug-likeness (QED) is 0.0500. The number of para-hydroxylation sites is 1. The van der Waals surface area contributed by atoms with Crippen LogP contribution in [0.1, 0.15) is 26.3 Å². The molecule has 0 aliphatic carbocycles. The number of nitriles is 1. The minimum absolute atomic E-state index is 0.0182. The number of nitrogens with zero attached hydrogens (tertiary/aromatic N) is 4. The van der Waals surface area contributed by atoms with Crippen molar-refractivity contribution >= 4 is 24.0 Å². The SMILES string of the molecule is CCNc1ccc(OCNc2cccc(-[n+]3c([S-])nn(-c4ccccc4)c3-c3ccccc3)c2)cc1C(C)(C)/C(O)=C/C#N. The largest absolute Gasteiger partial charge is 0.702 e. The van der Waals surface area contributed by atoms with Crippen LogP contribution in [0.15, 0.2) is 120 Å². The van der Waals surface area contributed by atoms with Crippen molar-refractivity contribution in [1.29, 1.82) is 5.26 Å². The van der Waals surface area contributed by atoms with Gasteiger partial charge in [0.15, 0.2) is 11.9 Å². The molecule has 5 aromatic rings. The summed E-state index contributed by atoms with van der Waals surface area (Å²) in [5.41, 5.74) is 4.49. The molecule has 4 aromatic carbocycles. The predicted octanol–water partition coefficient (Wildman–Crippen LogP) is 6.85. The third-order valence-electron chi connectivity index (χ3n) is 7.31. The summed E-state index contributed by atoms with van der Waals surface area (Å²) in [6.45, 7) is 6.66. The molecule has 0 aliphatic rings. The first-order valence-corrected chi connectivity index (χ1v) is 14.7. The molecule has 5 rings (SSSR count). The fraction of sp³-hybridized carbons (Fsp3) is 0.171. The number of hydrogen-bond acceptors (Lipinski definition) is 7. The van der Waals surface area contributed by atoms with E-state index in [4.69, 9.17) is 27.7 Å². The number of nitrogens with one attached hydrogen (secondary N) is 2. The third kappa shape index (κ3) is 6.36. The molecule has 0 bridgehead atoms. The predicted molar refractivity (Wildman–Crippen MR) is 175 cm³/mol. The number of anilines is 2. The molecule has 0 atom stereocenters. The van der Waals surface area contributed by atoms with Crippen molar-refractivity contribution in [2.24, 2.45) is 0 Å². The Labute approximate surface area is 263 Å². The van der Waals surface area contributed by atoms with Crippen molar-refractivity contribution < 1.29 is 14.4 Å². The van der Waals surface area contributed by atoms with Crippen molar-refractivity contribution in [2.45, 2.75) is 31.3 Å². The zero-order valence-electron chi connectivity index (χ0n) is 24.9. The topological polar surface area (TPSA) is 99.0 Å². The standard InChI is InChI=1S/C35H34N6O2S/c1-4-37-31-19-18-29(23-30(31)35(2,3)32(42)20-21-36)43-24-38-26-14-11-17-28(22-26)40-33(25-12-7-5-8-13-25)41(39-34(40)44)27-15-9-6-10-16-27/h5-20,22-23,37-38H,4,24H2,1-3H3,(H-,39,42,44)/b32-20-. The fourth-order valence-electron chi connectivity index (χ4n) is 5.00. The third-order valence-corrected chi connectivity index (χ3v) is 7.58. The van der Waals surface area contributed by atoms with E-state index in [9.17, 15) is 5.11 Å². The average molecular weight is 603 g/mol. The van der Waals surface area contributed by atoms with Crippen LogP contribution >= 0.6 is 0 Å². The molecule has 222 valence electrons. The Morgan fingerprint density at radius 1 is 1.00 bits per heavy atom. The molecule has 44 heavy (non-hydrogen) atoms. The van der Waals surface area contributed by atoms with Gasteiger partial charge >= 0.3 is 0 Å². The van der Waals surface area contributed by atoms with Gasteiger partial charge < -0.3 is 33.1 Å². The molecule has 0 unspecified atom stereocenters.